The number of allylic oxidation sites excluding steroid dienone is 2. The van der Waals surface area contributed by atoms with E-state index in [-0.39, 0.29) is 12.0 Å². The highest BCUT2D eigenvalue weighted by Crippen LogP contribution is 2.26. The van der Waals surface area contributed by atoms with E-state index >= 15 is 0 Å². The first-order chi connectivity index (χ1) is 21.8. The van der Waals surface area contributed by atoms with Crippen molar-refractivity contribution in [3.05, 3.63) is 70.5 Å². The smallest absolute Gasteiger partial charge is 0.244 e. The number of aldehydes is 1. The SMILES string of the molecule is C=N/N=C(\OCC(CCCN/C(C=O)=C(\C)NC)CCOC)c1cc(Cl)ccc1OC(C)C.C=O.CC.CNc1ccccc1. The Labute approximate surface area is 275 Å². The van der Waals surface area contributed by atoms with Crippen molar-refractivity contribution in [3.63, 3.8) is 0 Å². The number of benzene rings is 2. The number of carbonyl (C=O) groups is 2. The molecule has 0 aromatic heterocycles. The molecule has 0 aliphatic rings. The highest BCUT2D eigenvalue weighted by Gasteiger charge is 2.18. The quantitative estimate of drug-likeness (QED) is 0.0430. The third kappa shape index (κ3) is 19.9. The van der Waals surface area contributed by atoms with Crippen LogP contribution in [0, 0.1) is 5.92 Å². The van der Waals surface area contributed by atoms with Crippen LogP contribution in [0.2, 0.25) is 5.02 Å². The average molecular weight is 648 g/mol. The van der Waals surface area contributed by atoms with Gasteiger partial charge in [0.05, 0.1) is 24.0 Å². The van der Waals surface area contributed by atoms with Gasteiger partial charge in [-0.25, -0.2) is 0 Å². The number of anilines is 1. The van der Waals surface area contributed by atoms with Gasteiger partial charge in [-0.2, -0.15) is 5.10 Å². The number of halogens is 1. The van der Waals surface area contributed by atoms with Crippen molar-refractivity contribution in [2.24, 2.45) is 16.1 Å². The van der Waals surface area contributed by atoms with E-state index in [2.05, 4.69) is 32.9 Å². The lowest BCUT2D eigenvalue weighted by Gasteiger charge is -2.20. The van der Waals surface area contributed by atoms with Crippen LogP contribution in [0.15, 0.2) is 70.1 Å². The minimum atomic E-state index is -0.0262. The monoisotopic (exact) mass is 647 g/mol. The van der Waals surface area contributed by atoms with Crippen LogP contribution in [0.25, 0.3) is 0 Å². The van der Waals surface area contributed by atoms with Crippen molar-refractivity contribution >= 4 is 43.0 Å². The topological polar surface area (TPSA) is 123 Å². The number of nitrogens with zero attached hydrogens (tertiary/aromatic N) is 2. The van der Waals surface area contributed by atoms with Crippen LogP contribution < -0.4 is 20.7 Å². The van der Waals surface area contributed by atoms with Crippen molar-refractivity contribution in [2.75, 3.05) is 46.3 Å². The normalized spacial score (nSPS) is 11.5. The molecule has 0 fully saturated rings. The summed E-state index contributed by atoms with van der Waals surface area (Å²) in [6.07, 6.45) is 3.35. The molecule has 45 heavy (non-hydrogen) atoms. The molecule has 252 valence electrons. The fourth-order valence-corrected chi connectivity index (χ4v) is 3.83. The van der Waals surface area contributed by atoms with Crippen LogP contribution in [0.3, 0.4) is 0 Å². The van der Waals surface area contributed by atoms with Gasteiger partial charge in [0.1, 0.15) is 12.5 Å². The first-order valence-electron chi connectivity index (χ1n) is 15.0. The van der Waals surface area contributed by atoms with Crippen LogP contribution in [0.5, 0.6) is 5.75 Å². The van der Waals surface area contributed by atoms with Crippen molar-refractivity contribution in [1.29, 1.82) is 0 Å². The predicted octanol–water partition coefficient (Wildman–Crippen LogP) is 6.75. The number of hydrogen-bond donors (Lipinski definition) is 3. The zero-order valence-electron chi connectivity index (χ0n) is 28.3. The van der Waals surface area contributed by atoms with Gasteiger partial charge >= 0.3 is 0 Å². The summed E-state index contributed by atoms with van der Waals surface area (Å²) in [5.74, 6) is 1.13. The van der Waals surface area contributed by atoms with Crippen LogP contribution in [0.1, 0.15) is 59.4 Å². The molecule has 0 amide bonds. The molecule has 1 atom stereocenters. The molecule has 10 nitrogen and oxygen atoms in total. The number of para-hydroxylation sites is 1. The summed E-state index contributed by atoms with van der Waals surface area (Å²) in [6.45, 7) is 16.9. The maximum Gasteiger partial charge on any atom is 0.244 e. The number of methoxy groups -OCH3 is 1. The Morgan fingerprint density at radius 1 is 1.07 bits per heavy atom. The fraction of sp³-hybridized carbons (Fsp3) is 0.471. The second-order valence-corrected chi connectivity index (χ2v) is 9.84. The maximum absolute atomic E-state index is 11.2. The Morgan fingerprint density at radius 3 is 2.24 bits per heavy atom. The molecule has 2 aromatic rings. The maximum atomic E-state index is 11.2. The molecule has 0 bridgehead atoms. The molecule has 0 aliphatic heterocycles. The van der Waals surface area contributed by atoms with Crippen molar-refractivity contribution < 1.29 is 23.8 Å². The minimum Gasteiger partial charge on any atom is -0.490 e. The lowest BCUT2D eigenvalue weighted by atomic mass is 10.0. The van der Waals surface area contributed by atoms with Gasteiger partial charge in [0.25, 0.3) is 0 Å². The van der Waals surface area contributed by atoms with Gasteiger partial charge in [0, 0.05) is 57.5 Å². The summed E-state index contributed by atoms with van der Waals surface area (Å²) in [5.41, 5.74) is 3.15. The molecule has 2 rings (SSSR count). The van der Waals surface area contributed by atoms with E-state index in [1.807, 2.05) is 78.8 Å². The van der Waals surface area contributed by atoms with E-state index in [4.69, 9.17) is 30.6 Å². The van der Waals surface area contributed by atoms with Crippen LogP contribution in [-0.2, 0) is 19.1 Å². The van der Waals surface area contributed by atoms with Gasteiger partial charge in [-0.05, 0) is 76.3 Å². The molecule has 3 N–H and O–H groups in total. The third-order valence-electron chi connectivity index (χ3n) is 5.95. The Bertz CT molecular complexity index is 1110. The van der Waals surface area contributed by atoms with E-state index < -0.39 is 0 Å². The van der Waals surface area contributed by atoms with Crippen molar-refractivity contribution in [1.82, 2.24) is 10.6 Å². The molecule has 0 aliphatic carbocycles. The molecular weight excluding hydrogens is 594 g/mol. The minimum absolute atomic E-state index is 0.0262. The third-order valence-corrected chi connectivity index (χ3v) is 6.18. The number of rotatable bonds is 17. The Kier molecular flexibility index (Phi) is 27.7. The number of ether oxygens (including phenoxy) is 3. The lowest BCUT2D eigenvalue weighted by molar-refractivity contribution is -0.105. The molecule has 1 unspecified atom stereocenters. The van der Waals surface area contributed by atoms with Gasteiger partial charge < -0.3 is 35.0 Å². The van der Waals surface area contributed by atoms with Gasteiger partial charge in [-0.3, -0.25) is 4.79 Å². The summed E-state index contributed by atoms with van der Waals surface area (Å²) >= 11 is 6.21. The van der Waals surface area contributed by atoms with E-state index in [1.165, 1.54) is 0 Å². The first kappa shape index (κ1) is 43.2. The highest BCUT2D eigenvalue weighted by atomic mass is 35.5. The van der Waals surface area contributed by atoms with E-state index in [0.717, 1.165) is 36.9 Å². The van der Waals surface area contributed by atoms with E-state index in [9.17, 15) is 4.79 Å². The van der Waals surface area contributed by atoms with E-state index in [1.54, 1.807) is 32.4 Å². The summed E-state index contributed by atoms with van der Waals surface area (Å²) in [4.78, 5) is 19.2. The summed E-state index contributed by atoms with van der Waals surface area (Å²) < 4.78 is 17.2. The number of hydrogen-bond acceptors (Lipinski definition) is 10. The molecule has 0 saturated heterocycles. The number of nitrogens with one attached hydrogen (secondary N) is 3. The molecular formula is C34H54ClN5O5. The van der Waals surface area contributed by atoms with Crippen LogP contribution in [-0.4, -0.2) is 72.8 Å². The van der Waals surface area contributed by atoms with Crippen LogP contribution in [0.4, 0.5) is 5.69 Å². The molecule has 0 saturated carbocycles. The fourth-order valence-electron chi connectivity index (χ4n) is 3.66. The zero-order chi connectivity index (χ0) is 34.5. The van der Waals surface area contributed by atoms with Gasteiger partial charge in [-0.15, -0.1) is 5.10 Å². The van der Waals surface area contributed by atoms with E-state index in [0.29, 0.717) is 47.7 Å². The number of carbonyl (C=O) groups excluding carboxylic acids is 2. The van der Waals surface area contributed by atoms with Gasteiger partial charge in [0.15, 0.2) is 6.29 Å². The Hall–Kier alpha value is -3.89. The summed E-state index contributed by atoms with van der Waals surface area (Å²) in [6, 6.07) is 15.4. The second kappa shape index (κ2) is 28.9. The first-order valence-corrected chi connectivity index (χ1v) is 15.4. The molecule has 11 heteroatoms. The van der Waals surface area contributed by atoms with Crippen LogP contribution >= 0.6 is 11.6 Å². The Morgan fingerprint density at radius 2 is 1.73 bits per heavy atom. The molecule has 0 radical (unpaired) electrons. The van der Waals surface area contributed by atoms with Crippen molar-refractivity contribution in [2.45, 2.75) is 60.0 Å². The van der Waals surface area contributed by atoms with Crippen molar-refractivity contribution in [3.8, 4) is 5.75 Å². The standard InChI is InChI=1S/C24H37ClN4O4.C7H9N.C2H6.CH2O/c1-17(2)33-23-10-9-20(25)14-21(23)24(29-27-5)32-16-19(11-13-31-6)8-7-12-28-22(15-30)18(3)26-4;1-8-7-5-3-2-4-6-7;2*1-2/h9-10,14-15,17,19,26,28H,5,7-8,11-13,16H2,1-4,6H3;2-6,8H,1H3;1-2H3;1H2/b22-18+,29-24-;;;. The molecule has 0 spiro atoms. The highest BCUT2D eigenvalue weighted by molar-refractivity contribution is 6.31. The Balaban J connectivity index is 0. The molecule has 0 heterocycles. The predicted molar refractivity (Wildman–Crippen MR) is 189 cm³/mol. The van der Waals surface area contributed by atoms with Gasteiger partial charge in [-0.1, -0.05) is 43.6 Å². The lowest BCUT2D eigenvalue weighted by Crippen LogP contribution is -2.23. The summed E-state index contributed by atoms with van der Waals surface area (Å²) in [5, 5.41) is 17.5. The summed E-state index contributed by atoms with van der Waals surface area (Å²) in [7, 11) is 5.37. The average Bonchev–Trinajstić information content (AvgIpc) is 3.07. The second-order valence-electron chi connectivity index (χ2n) is 9.40. The zero-order valence-corrected chi connectivity index (χ0v) is 29.1. The van der Waals surface area contributed by atoms with Gasteiger partial charge in [0.2, 0.25) is 5.90 Å². The largest absolute Gasteiger partial charge is 0.490 e. The molecule has 2 aromatic carbocycles.